The average Bonchev–Trinajstić information content (AvgIpc) is 0.716. The van der Waals surface area contributed by atoms with Crippen LogP contribution >= 0.6 is 0 Å². The van der Waals surface area contributed by atoms with E-state index in [1.807, 2.05) is 0 Å². The fourth-order valence-electron chi connectivity index (χ4n) is 21.4. The molecular formula is C138H200O8. The quantitative estimate of drug-likeness (QED) is 0.0349. The van der Waals surface area contributed by atoms with Crippen molar-refractivity contribution < 1.29 is 37.9 Å². The van der Waals surface area contributed by atoms with Crippen molar-refractivity contribution in [3.8, 4) is 46.0 Å². The zero-order valence-corrected chi connectivity index (χ0v) is 93.7. The summed E-state index contributed by atoms with van der Waals surface area (Å²) in [5.41, 5.74) is 23.0. The molecule has 0 bridgehead atoms. The van der Waals surface area contributed by atoms with Gasteiger partial charge in [-0.25, -0.2) is 0 Å². The zero-order chi connectivity index (χ0) is 102. The van der Waals surface area contributed by atoms with Crippen molar-refractivity contribution in [2.24, 2.45) is 0 Å². The van der Waals surface area contributed by atoms with Crippen LogP contribution in [0.15, 0.2) is 194 Å². The zero-order valence-electron chi connectivity index (χ0n) is 93.7. The van der Waals surface area contributed by atoms with E-state index >= 15 is 0 Å². The highest BCUT2D eigenvalue weighted by atomic mass is 16.5. The van der Waals surface area contributed by atoms with Crippen LogP contribution in [0.25, 0.3) is 10.8 Å². The molecule has 10 aromatic carbocycles. The summed E-state index contributed by atoms with van der Waals surface area (Å²) in [5, 5.41) is 3.02. The lowest BCUT2D eigenvalue weighted by Gasteiger charge is -2.31. The monoisotopic (exact) mass is 1990 g/mol. The lowest BCUT2D eigenvalue weighted by atomic mass is 9.73. The number of unbranched alkanes of at least 4 members (excludes halogenated alkanes) is 40. The Balaban J connectivity index is 1.25. The maximum absolute atomic E-state index is 6.64. The van der Waals surface area contributed by atoms with E-state index in [-0.39, 0.29) is 0 Å². The lowest BCUT2D eigenvalue weighted by Crippen LogP contribution is -2.17. The van der Waals surface area contributed by atoms with Crippen molar-refractivity contribution in [3.63, 3.8) is 0 Å². The van der Waals surface area contributed by atoms with Gasteiger partial charge in [-0.15, -0.1) is 0 Å². The Kier molecular flexibility index (Phi) is 61.4. The van der Waals surface area contributed by atoms with Gasteiger partial charge in [0.1, 0.15) is 46.0 Å². The largest absolute Gasteiger partial charge is 0.494 e. The summed E-state index contributed by atoms with van der Waals surface area (Å²) in [7, 11) is 0. The van der Waals surface area contributed by atoms with Gasteiger partial charge in [-0.2, -0.15) is 0 Å². The van der Waals surface area contributed by atoms with E-state index in [1.54, 1.807) is 0 Å². The Hall–Kier alpha value is -9.14. The Bertz CT molecular complexity index is 4310. The van der Waals surface area contributed by atoms with Crippen LogP contribution in [-0.2, 0) is 103 Å². The smallest absolute Gasteiger partial charge is 0.119 e. The molecule has 0 aliphatic heterocycles. The number of benzene rings is 10. The highest BCUT2D eigenvalue weighted by molar-refractivity contribution is 5.99. The Morgan fingerprint density at radius 1 is 0.110 bits per heavy atom. The molecule has 0 N–H and O–H groups in total. The summed E-state index contributed by atoms with van der Waals surface area (Å²) in [6, 6.07) is 74.7. The molecule has 10 rings (SSSR count). The van der Waals surface area contributed by atoms with Gasteiger partial charge in [-0.05, 0) is 351 Å². The minimum atomic E-state index is 0.742. The molecule has 800 valence electrons. The first-order chi connectivity index (χ1) is 72.2. The van der Waals surface area contributed by atoms with Gasteiger partial charge in [0.25, 0.3) is 0 Å². The van der Waals surface area contributed by atoms with Crippen LogP contribution in [0.2, 0.25) is 0 Å². The van der Waals surface area contributed by atoms with Gasteiger partial charge >= 0.3 is 0 Å². The number of hydrogen-bond acceptors (Lipinski definition) is 8. The van der Waals surface area contributed by atoms with Crippen molar-refractivity contribution >= 4 is 10.8 Å². The molecule has 0 heterocycles. The van der Waals surface area contributed by atoms with E-state index in [1.165, 1.54) is 357 Å². The van der Waals surface area contributed by atoms with E-state index in [9.17, 15) is 0 Å². The van der Waals surface area contributed by atoms with Crippen LogP contribution in [-0.4, -0.2) is 52.9 Å². The Labute approximate surface area is 891 Å². The van der Waals surface area contributed by atoms with Crippen molar-refractivity contribution in [3.05, 3.63) is 283 Å². The van der Waals surface area contributed by atoms with Crippen LogP contribution in [0.5, 0.6) is 46.0 Å². The van der Waals surface area contributed by atoms with Gasteiger partial charge in [0.15, 0.2) is 0 Å². The molecule has 0 aliphatic carbocycles. The van der Waals surface area contributed by atoms with Crippen molar-refractivity contribution in [2.75, 3.05) is 52.9 Å². The van der Waals surface area contributed by atoms with Gasteiger partial charge in [-0.3, -0.25) is 0 Å². The van der Waals surface area contributed by atoms with Gasteiger partial charge in [-0.1, -0.05) is 409 Å². The van der Waals surface area contributed by atoms with Crippen LogP contribution in [0.4, 0.5) is 0 Å². The van der Waals surface area contributed by atoms with E-state index in [0.29, 0.717) is 0 Å². The molecular weight excluding hydrogens is 1790 g/mol. The van der Waals surface area contributed by atoms with Gasteiger partial charge in [0, 0.05) is 0 Å². The number of aryl methyl sites for hydroxylation is 12. The molecule has 0 aromatic heterocycles. The normalized spacial score (nSPS) is 11.5. The van der Waals surface area contributed by atoms with Gasteiger partial charge < -0.3 is 37.9 Å². The standard InChI is InChI=1S/C138H200O8/c1-9-17-25-33-41-49-105-139-121-81-57-113(58-82-121)73-97-129-130(98-74-114-59-83-122(84-60-114)140-106-50-42-34-26-18-10-2)134(102-78-118-67-91-126(92-68-118)144-110-54-46-38-30-22-14-6)138-136(104-80-120-71-95-128(96-72-120)146-112-56-48-40-32-24-16-8)132(100-76-116-63-87-124(88-64-116)142-108-52-44-36-28-20-12-4)131(99-75-115-61-85-123(86-62-115)141-107-51-43-35-27-19-11-3)135(103-79-119-69-93-127(94-70-119)145-111-55-47-39-31-23-15-7)137(138)133(129)101-77-117-65-89-125(90-66-117)143-109-53-45-37-29-21-13-5/h57-72,81-96H,9-56,73-80,97-112H2,1-8H3. The number of rotatable bonds is 88. The third kappa shape index (κ3) is 47.0. The topological polar surface area (TPSA) is 73.8 Å². The van der Waals surface area contributed by atoms with E-state index in [4.69, 9.17) is 37.9 Å². The first-order valence-corrected chi connectivity index (χ1v) is 60.6. The molecule has 0 fully saturated rings. The number of hydrogen-bond donors (Lipinski definition) is 0. The summed E-state index contributed by atoms with van der Waals surface area (Å²) in [5.74, 6) is 7.72. The van der Waals surface area contributed by atoms with E-state index in [2.05, 4.69) is 250 Å². The third-order valence-electron chi connectivity index (χ3n) is 30.5. The predicted molar refractivity (Wildman–Crippen MR) is 626 cm³/mol. The number of fused-ring (bicyclic) bond motifs is 1. The third-order valence-corrected chi connectivity index (χ3v) is 30.5. The minimum absolute atomic E-state index is 0.742. The fraction of sp³-hybridized carbons (Fsp3) is 0.580. The Morgan fingerprint density at radius 3 is 0.329 bits per heavy atom. The summed E-state index contributed by atoms with van der Waals surface area (Å²) < 4.78 is 53.1. The highest BCUT2D eigenvalue weighted by Gasteiger charge is 2.30. The first-order valence-electron chi connectivity index (χ1n) is 60.6. The maximum Gasteiger partial charge on any atom is 0.119 e. The van der Waals surface area contributed by atoms with Crippen molar-refractivity contribution in [1.29, 1.82) is 0 Å². The van der Waals surface area contributed by atoms with Crippen molar-refractivity contribution in [2.45, 2.75) is 466 Å². The minimum Gasteiger partial charge on any atom is -0.494 e. The SMILES string of the molecule is CCCCCCCCOc1ccc(CCc2c(CCc3ccc(OCCCCCCCC)cc3)c(CCc3ccc(OCCCCCCCC)cc3)c3c(CCc4ccc(OCCCCCCCC)cc4)c(CCc4ccc(OCCCCCCCC)cc4)c(CCc4ccc(OCCCCCCCC)cc4)c(CCc4ccc(OCCCCCCCC)cc4)c3c2CCc2ccc(OCCCCCCCC)cc2)cc1. The van der Waals surface area contributed by atoms with E-state index < -0.39 is 0 Å². The molecule has 0 unspecified atom stereocenters. The molecule has 10 aromatic rings. The fourth-order valence-corrected chi connectivity index (χ4v) is 21.4. The molecule has 0 saturated heterocycles. The first kappa shape index (κ1) is 119. The van der Waals surface area contributed by atoms with Gasteiger partial charge in [0.05, 0.1) is 52.9 Å². The molecule has 146 heavy (non-hydrogen) atoms. The number of ether oxygens (including phenoxy) is 8. The average molecular weight is 1990 g/mol. The maximum atomic E-state index is 6.64. The molecule has 0 aliphatic rings. The Morgan fingerprint density at radius 2 is 0.212 bits per heavy atom. The second-order valence-corrected chi connectivity index (χ2v) is 42.7. The predicted octanol–water partition coefficient (Wildman–Crippen LogP) is 39.0. The van der Waals surface area contributed by atoms with Crippen LogP contribution in [0.3, 0.4) is 0 Å². The van der Waals surface area contributed by atoms with E-state index in [0.717, 1.165) is 253 Å². The molecule has 0 spiro atoms. The molecule has 0 saturated carbocycles. The van der Waals surface area contributed by atoms with Crippen LogP contribution in [0, 0.1) is 0 Å². The summed E-state index contributed by atoms with van der Waals surface area (Å²) >= 11 is 0. The summed E-state index contributed by atoms with van der Waals surface area (Å²) in [4.78, 5) is 0. The van der Waals surface area contributed by atoms with Crippen LogP contribution < -0.4 is 37.9 Å². The second-order valence-electron chi connectivity index (χ2n) is 42.7. The molecule has 8 nitrogen and oxygen atoms in total. The summed E-state index contributed by atoms with van der Waals surface area (Å²) in [6.45, 7) is 24.4. The molecule has 0 atom stereocenters. The second kappa shape index (κ2) is 75.5. The van der Waals surface area contributed by atoms with Crippen molar-refractivity contribution in [1.82, 2.24) is 0 Å². The summed E-state index contributed by atoms with van der Waals surface area (Å²) in [6.07, 6.45) is 73.4. The highest BCUT2D eigenvalue weighted by Crippen LogP contribution is 2.45. The molecule has 8 heteroatoms. The molecule has 0 amide bonds. The molecule has 0 radical (unpaired) electrons. The van der Waals surface area contributed by atoms with Crippen LogP contribution in [0.1, 0.15) is 453 Å². The lowest BCUT2D eigenvalue weighted by molar-refractivity contribution is 0.304. The van der Waals surface area contributed by atoms with Gasteiger partial charge in [0.2, 0.25) is 0 Å².